The molecule has 0 atom stereocenters. The summed E-state index contributed by atoms with van der Waals surface area (Å²) in [7, 11) is -3.69. The maximum Gasteiger partial charge on any atom is 0.238 e. The molecule has 4 N–H and O–H groups in total. The molecule has 0 heterocycles. The van der Waals surface area contributed by atoms with Gasteiger partial charge in [-0.3, -0.25) is 0 Å². The number of thiocarbonyl (C=S) groups is 1. The van der Waals surface area contributed by atoms with Crippen LogP contribution in [0.1, 0.15) is 0 Å². The molecule has 5 nitrogen and oxygen atoms in total. The van der Waals surface area contributed by atoms with Gasteiger partial charge in [-0.2, -0.15) is 0 Å². The Kier molecular flexibility index (Phi) is 4.79. The van der Waals surface area contributed by atoms with Crippen molar-refractivity contribution < 1.29 is 8.42 Å². The fourth-order valence-electron chi connectivity index (χ4n) is 1.55. The van der Waals surface area contributed by atoms with E-state index in [9.17, 15) is 8.42 Å². The number of benzene rings is 2. The van der Waals surface area contributed by atoms with Gasteiger partial charge in [-0.1, -0.05) is 11.6 Å². The third kappa shape index (κ3) is 4.68. The Morgan fingerprint density at radius 2 is 1.38 bits per heavy atom. The molecule has 2 aromatic carbocycles. The summed E-state index contributed by atoms with van der Waals surface area (Å²) in [6.45, 7) is 0. The highest BCUT2D eigenvalue weighted by Gasteiger charge is 2.07. The normalized spacial score (nSPS) is 11.0. The molecule has 0 spiro atoms. The topological polar surface area (TPSA) is 84.2 Å². The van der Waals surface area contributed by atoms with Crippen LogP contribution in [0.2, 0.25) is 5.02 Å². The zero-order valence-electron chi connectivity index (χ0n) is 10.7. The first-order valence-electron chi connectivity index (χ1n) is 5.81. The van der Waals surface area contributed by atoms with Gasteiger partial charge in [0.25, 0.3) is 0 Å². The van der Waals surface area contributed by atoms with E-state index in [1.54, 1.807) is 36.4 Å². The van der Waals surface area contributed by atoms with Crippen LogP contribution in [-0.4, -0.2) is 13.5 Å². The van der Waals surface area contributed by atoms with E-state index in [1.165, 1.54) is 12.1 Å². The molecular weight excluding hydrogens is 330 g/mol. The average Bonchev–Trinajstić information content (AvgIpc) is 2.41. The summed E-state index contributed by atoms with van der Waals surface area (Å²) in [5.74, 6) is 0. The van der Waals surface area contributed by atoms with Crippen molar-refractivity contribution in [3.8, 4) is 0 Å². The highest BCUT2D eigenvalue weighted by atomic mass is 35.5. The molecule has 0 amide bonds. The van der Waals surface area contributed by atoms with Crippen molar-refractivity contribution in [2.24, 2.45) is 5.14 Å². The molecule has 0 aliphatic carbocycles. The Bertz CT molecular complexity index is 744. The Labute approximate surface area is 133 Å². The van der Waals surface area contributed by atoms with Crippen LogP contribution in [-0.2, 0) is 10.0 Å². The zero-order chi connectivity index (χ0) is 15.5. The lowest BCUT2D eigenvalue weighted by atomic mass is 10.3. The highest BCUT2D eigenvalue weighted by Crippen LogP contribution is 2.15. The number of primary sulfonamides is 1. The van der Waals surface area contributed by atoms with Gasteiger partial charge in [0, 0.05) is 16.4 Å². The van der Waals surface area contributed by atoms with Gasteiger partial charge in [0.1, 0.15) is 0 Å². The molecule has 0 aromatic heterocycles. The third-order valence-electron chi connectivity index (χ3n) is 2.54. The monoisotopic (exact) mass is 341 g/mol. The first-order valence-corrected chi connectivity index (χ1v) is 8.14. The molecule has 0 fully saturated rings. The molecule has 0 aliphatic rings. The highest BCUT2D eigenvalue weighted by molar-refractivity contribution is 7.89. The van der Waals surface area contributed by atoms with E-state index in [4.69, 9.17) is 29.0 Å². The molecule has 110 valence electrons. The van der Waals surface area contributed by atoms with E-state index >= 15 is 0 Å². The fourth-order valence-corrected chi connectivity index (χ4v) is 2.43. The van der Waals surface area contributed by atoms with E-state index in [0.29, 0.717) is 15.8 Å². The number of rotatable bonds is 3. The average molecular weight is 342 g/mol. The summed E-state index contributed by atoms with van der Waals surface area (Å²) < 4.78 is 22.3. The van der Waals surface area contributed by atoms with Crippen molar-refractivity contribution >= 4 is 50.3 Å². The van der Waals surface area contributed by atoms with Crippen LogP contribution >= 0.6 is 23.8 Å². The molecule has 21 heavy (non-hydrogen) atoms. The minimum atomic E-state index is -3.69. The smallest absolute Gasteiger partial charge is 0.238 e. The van der Waals surface area contributed by atoms with Crippen molar-refractivity contribution in [2.45, 2.75) is 4.90 Å². The number of nitrogens with two attached hydrogens (primary N) is 1. The van der Waals surface area contributed by atoms with Crippen LogP contribution in [0, 0.1) is 0 Å². The second-order valence-corrected chi connectivity index (χ2v) is 6.56. The van der Waals surface area contributed by atoms with Crippen molar-refractivity contribution in [1.82, 2.24) is 0 Å². The van der Waals surface area contributed by atoms with Crippen molar-refractivity contribution in [1.29, 1.82) is 0 Å². The van der Waals surface area contributed by atoms with Gasteiger partial charge in [-0.25, -0.2) is 13.6 Å². The van der Waals surface area contributed by atoms with Crippen LogP contribution in [0.25, 0.3) is 0 Å². The standard InChI is InChI=1S/C13H12ClN3O2S2/c14-9-1-3-10(4-2-9)16-13(20)17-11-5-7-12(8-6-11)21(15,18)19/h1-8H,(H2,15,18,19)(H2,16,17,20). The van der Waals surface area contributed by atoms with Crippen molar-refractivity contribution in [3.63, 3.8) is 0 Å². The van der Waals surface area contributed by atoms with E-state index in [2.05, 4.69) is 10.6 Å². The quantitative estimate of drug-likeness (QED) is 0.747. The van der Waals surface area contributed by atoms with Crippen LogP contribution in [0.5, 0.6) is 0 Å². The molecule has 2 rings (SSSR count). The van der Waals surface area contributed by atoms with E-state index < -0.39 is 10.0 Å². The lowest BCUT2D eigenvalue weighted by molar-refractivity contribution is 0.598. The number of hydrogen-bond acceptors (Lipinski definition) is 3. The van der Waals surface area contributed by atoms with Crippen LogP contribution in [0.15, 0.2) is 53.4 Å². The largest absolute Gasteiger partial charge is 0.332 e. The van der Waals surface area contributed by atoms with E-state index in [1.807, 2.05) is 0 Å². The summed E-state index contributed by atoms with van der Waals surface area (Å²) in [4.78, 5) is 0.0460. The minimum Gasteiger partial charge on any atom is -0.332 e. The Morgan fingerprint density at radius 3 is 1.81 bits per heavy atom. The Morgan fingerprint density at radius 1 is 0.952 bits per heavy atom. The summed E-state index contributed by atoms with van der Waals surface area (Å²) in [5.41, 5.74) is 1.44. The maximum atomic E-state index is 11.1. The van der Waals surface area contributed by atoms with Crippen molar-refractivity contribution in [2.75, 3.05) is 10.6 Å². The second-order valence-electron chi connectivity index (χ2n) is 4.16. The molecule has 0 radical (unpaired) electrons. The zero-order valence-corrected chi connectivity index (χ0v) is 13.1. The third-order valence-corrected chi connectivity index (χ3v) is 3.93. The van der Waals surface area contributed by atoms with Gasteiger partial charge in [-0.05, 0) is 60.7 Å². The SMILES string of the molecule is NS(=O)(=O)c1ccc(NC(=S)Nc2ccc(Cl)cc2)cc1. The molecule has 0 bridgehead atoms. The second kappa shape index (κ2) is 6.40. The number of hydrogen-bond donors (Lipinski definition) is 3. The van der Waals surface area contributed by atoms with E-state index in [-0.39, 0.29) is 4.90 Å². The van der Waals surface area contributed by atoms with Gasteiger partial charge in [0.05, 0.1) is 4.90 Å². The minimum absolute atomic E-state index is 0.0460. The molecule has 0 saturated carbocycles. The molecule has 2 aromatic rings. The molecule has 0 aliphatic heterocycles. The van der Waals surface area contributed by atoms with Crippen molar-refractivity contribution in [3.05, 3.63) is 53.6 Å². The first kappa shape index (κ1) is 15.7. The van der Waals surface area contributed by atoms with Crippen LogP contribution < -0.4 is 15.8 Å². The number of sulfonamides is 1. The lowest BCUT2D eigenvalue weighted by Gasteiger charge is -2.11. The lowest BCUT2D eigenvalue weighted by Crippen LogP contribution is -2.19. The summed E-state index contributed by atoms with van der Waals surface area (Å²) >= 11 is 11.0. The maximum absolute atomic E-state index is 11.1. The summed E-state index contributed by atoms with van der Waals surface area (Å²) in [6, 6.07) is 13.0. The van der Waals surface area contributed by atoms with Gasteiger partial charge in [-0.15, -0.1) is 0 Å². The fraction of sp³-hybridized carbons (Fsp3) is 0. The Hall–Kier alpha value is -1.67. The van der Waals surface area contributed by atoms with Gasteiger partial charge in [0.2, 0.25) is 10.0 Å². The summed E-state index contributed by atoms with van der Waals surface area (Å²) in [5, 5.41) is 12.0. The molecule has 8 heteroatoms. The van der Waals surface area contributed by atoms with Crippen LogP contribution in [0.3, 0.4) is 0 Å². The van der Waals surface area contributed by atoms with Gasteiger partial charge in [0.15, 0.2) is 5.11 Å². The molecule has 0 saturated heterocycles. The number of anilines is 2. The number of halogens is 1. The Balaban J connectivity index is 2.01. The molecular formula is C13H12ClN3O2S2. The predicted octanol–water partition coefficient (Wildman–Crippen LogP) is 2.80. The van der Waals surface area contributed by atoms with E-state index in [0.717, 1.165) is 5.69 Å². The van der Waals surface area contributed by atoms with Gasteiger partial charge < -0.3 is 10.6 Å². The predicted molar refractivity (Wildman–Crippen MR) is 89.1 cm³/mol. The summed E-state index contributed by atoms with van der Waals surface area (Å²) in [6.07, 6.45) is 0. The van der Waals surface area contributed by atoms with Crippen LogP contribution in [0.4, 0.5) is 11.4 Å². The molecule has 0 unspecified atom stereocenters. The first-order chi connectivity index (χ1) is 9.84. The van der Waals surface area contributed by atoms with Gasteiger partial charge >= 0.3 is 0 Å². The number of nitrogens with one attached hydrogen (secondary N) is 2.